The molecule has 1 aromatic rings. The van der Waals surface area contributed by atoms with E-state index in [2.05, 4.69) is 22.8 Å². The number of nitrogens with zero attached hydrogens (tertiary/aromatic N) is 2. The van der Waals surface area contributed by atoms with Crippen LogP contribution in [0.25, 0.3) is 0 Å². The standard InChI is InChI=1S/C16H24N2OS/c1-3-17-9-4-6-13(17)14-7-5-10-18(14)16(19)15-12(2)8-11-20-15/h8,11,13-14H,3-7,9-10H2,1-2H3/t13-,14+/m1/s1. The molecule has 0 saturated carbocycles. The maximum atomic E-state index is 12.8. The second-order valence-electron chi connectivity index (χ2n) is 5.98. The molecule has 2 fully saturated rings. The fourth-order valence-corrected chi connectivity index (χ4v) is 4.73. The summed E-state index contributed by atoms with van der Waals surface area (Å²) in [6.45, 7) is 7.54. The van der Waals surface area contributed by atoms with Gasteiger partial charge in [-0.15, -0.1) is 11.3 Å². The molecule has 0 aliphatic carbocycles. The van der Waals surface area contributed by atoms with Crippen LogP contribution in [-0.2, 0) is 0 Å². The van der Waals surface area contributed by atoms with E-state index in [4.69, 9.17) is 0 Å². The second-order valence-corrected chi connectivity index (χ2v) is 6.90. The van der Waals surface area contributed by atoms with Crippen molar-refractivity contribution < 1.29 is 4.79 Å². The van der Waals surface area contributed by atoms with Crippen LogP contribution >= 0.6 is 11.3 Å². The number of hydrogen-bond acceptors (Lipinski definition) is 3. The zero-order valence-electron chi connectivity index (χ0n) is 12.5. The van der Waals surface area contributed by atoms with Gasteiger partial charge in [0.25, 0.3) is 5.91 Å². The Bertz CT molecular complexity index is 485. The minimum Gasteiger partial charge on any atom is -0.333 e. The van der Waals surface area contributed by atoms with Crippen molar-refractivity contribution in [2.24, 2.45) is 0 Å². The third kappa shape index (κ3) is 2.40. The molecule has 3 nitrogen and oxygen atoms in total. The summed E-state index contributed by atoms with van der Waals surface area (Å²) in [4.78, 5) is 18.5. The normalized spacial score (nSPS) is 27.4. The Hall–Kier alpha value is -0.870. The maximum absolute atomic E-state index is 12.8. The van der Waals surface area contributed by atoms with Gasteiger partial charge in [0, 0.05) is 18.6 Å². The maximum Gasteiger partial charge on any atom is 0.264 e. The van der Waals surface area contributed by atoms with E-state index in [1.807, 2.05) is 12.3 Å². The molecule has 3 heterocycles. The molecule has 0 bridgehead atoms. The van der Waals surface area contributed by atoms with Crippen LogP contribution in [0.3, 0.4) is 0 Å². The van der Waals surface area contributed by atoms with Crippen molar-refractivity contribution in [3.05, 3.63) is 21.9 Å². The highest BCUT2D eigenvalue weighted by Crippen LogP contribution is 2.32. The number of hydrogen-bond donors (Lipinski definition) is 0. The summed E-state index contributed by atoms with van der Waals surface area (Å²) in [5.74, 6) is 0.267. The molecule has 0 spiro atoms. The Labute approximate surface area is 125 Å². The van der Waals surface area contributed by atoms with Crippen molar-refractivity contribution in [2.75, 3.05) is 19.6 Å². The third-order valence-electron chi connectivity index (χ3n) is 4.88. The predicted octanol–water partition coefficient (Wildman–Crippen LogP) is 3.15. The second kappa shape index (κ2) is 5.86. The Morgan fingerprint density at radius 2 is 2.05 bits per heavy atom. The van der Waals surface area contributed by atoms with Gasteiger partial charge in [-0.3, -0.25) is 9.69 Å². The molecule has 0 radical (unpaired) electrons. The third-order valence-corrected chi connectivity index (χ3v) is 5.89. The average molecular weight is 292 g/mol. The summed E-state index contributed by atoms with van der Waals surface area (Å²) in [7, 11) is 0. The van der Waals surface area contributed by atoms with Gasteiger partial charge in [0.2, 0.25) is 0 Å². The zero-order chi connectivity index (χ0) is 14.1. The fourth-order valence-electron chi connectivity index (χ4n) is 3.85. The minimum atomic E-state index is 0.267. The molecule has 2 saturated heterocycles. The van der Waals surface area contributed by atoms with Gasteiger partial charge < -0.3 is 4.90 Å². The molecule has 20 heavy (non-hydrogen) atoms. The number of likely N-dealkylation sites (N-methyl/N-ethyl adjacent to an activating group) is 1. The number of amides is 1. The van der Waals surface area contributed by atoms with Gasteiger partial charge in [0.15, 0.2) is 0 Å². The van der Waals surface area contributed by atoms with E-state index in [1.165, 1.54) is 25.8 Å². The molecule has 3 rings (SSSR count). The molecule has 0 aromatic carbocycles. The quantitative estimate of drug-likeness (QED) is 0.854. The van der Waals surface area contributed by atoms with Gasteiger partial charge in [0.05, 0.1) is 4.88 Å². The summed E-state index contributed by atoms with van der Waals surface area (Å²) >= 11 is 1.59. The largest absolute Gasteiger partial charge is 0.333 e. The summed E-state index contributed by atoms with van der Waals surface area (Å²) in [6, 6.07) is 3.08. The molecular formula is C16H24N2OS. The molecule has 1 amide bonds. The molecule has 1 aromatic heterocycles. The van der Waals surface area contributed by atoms with Crippen molar-refractivity contribution in [3.63, 3.8) is 0 Å². The lowest BCUT2D eigenvalue weighted by Crippen LogP contribution is -2.48. The van der Waals surface area contributed by atoms with E-state index < -0.39 is 0 Å². The first kappa shape index (κ1) is 14.1. The number of thiophene rings is 1. The van der Waals surface area contributed by atoms with Gasteiger partial charge in [-0.25, -0.2) is 0 Å². The first-order valence-corrected chi connectivity index (χ1v) is 8.69. The highest BCUT2D eigenvalue weighted by molar-refractivity contribution is 7.12. The molecule has 4 heteroatoms. The topological polar surface area (TPSA) is 23.6 Å². The van der Waals surface area contributed by atoms with E-state index in [0.29, 0.717) is 12.1 Å². The van der Waals surface area contributed by atoms with Crippen molar-refractivity contribution in [2.45, 2.75) is 51.6 Å². The van der Waals surface area contributed by atoms with Crippen molar-refractivity contribution in [1.82, 2.24) is 9.80 Å². The van der Waals surface area contributed by atoms with Crippen LogP contribution in [0.4, 0.5) is 0 Å². The lowest BCUT2D eigenvalue weighted by molar-refractivity contribution is 0.0654. The Kier molecular flexibility index (Phi) is 4.13. The van der Waals surface area contributed by atoms with Crippen LogP contribution in [0.5, 0.6) is 0 Å². The van der Waals surface area contributed by atoms with E-state index >= 15 is 0 Å². The van der Waals surface area contributed by atoms with Crippen LogP contribution in [0.1, 0.15) is 47.8 Å². The first-order valence-electron chi connectivity index (χ1n) is 7.81. The monoisotopic (exact) mass is 292 g/mol. The Morgan fingerprint density at radius 1 is 1.30 bits per heavy atom. The van der Waals surface area contributed by atoms with Gasteiger partial charge in [0.1, 0.15) is 0 Å². The van der Waals surface area contributed by atoms with E-state index in [0.717, 1.165) is 30.0 Å². The SMILES string of the molecule is CCN1CCC[C@@H]1[C@@H]1CCCN1C(=O)c1sccc1C. The summed E-state index contributed by atoms with van der Waals surface area (Å²) in [6.07, 6.45) is 4.88. The Morgan fingerprint density at radius 3 is 2.75 bits per heavy atom. The lowest BCUT2D eigenvalue weighted by Gasteiger charge is -2.34. The van der Waals surface area contributed by atoms with Gasteiger partial charge in [-0.05, 0) is 62.7 Å². The van der Waals surface area contributed by atoms with E-state index in [9.17, 15) is 4.79 Å². The molecule has 2 aliphatic rings. The molecule has 110 valence electrons. The average Bonchev–Trinajstić information content (AvgIpc) is 3.17. The number of likely N-dealkylation sites (tertiary alicyclic amines) is 2. The van der Waals surface area contributed by atoms with Crippen molar-refractivity contribution in [3.8, 4) is 0 Å². The van der Waals surface area contributed by atoms with Gasteiger partial charge in [-0.1, -0.05) is 6.92 Å². The summed E-state index contributed by atoms with van der Waals surface area (Å²) in [5, 5.41) is 2.03. The van der Waals surface area contributed by atoms with Crippen LogP contribution in [0.2, 0.25) is 0 Å². The first-order chi connectivity index (χ1) is 9.72. The van der Waals surface area contributed by atoms with Crippen molar-refractivity contribution >= 4 is 17.2 Å². The van der Waals surface area contributed by atoms with Gasteiger partial charge >= 0.3 is 0 Å². The number of carbonyl (C=O) groups is 1. The fraction of sp³-hybridized carbons (Fsp3) is 0.688. The lowest BCUT2D eigenvalue weighted by atomic mass is 10.0. The zero-order valence-corrected chi connectivity index (χ0v) is 13.3. The minimum absolute atomic E-state index is 0.267. The highest BCUT2D eigenvalue weighted by Gasteiger charge is 2.39. The van der Waals surface area contributed by atoms with Gasteiger partial charge in [-0.2, -0.15) is 0 Å². The smallest absolute Gasteiger partial charge is 0.264 e. The summed E-state index contributed by atoms with van der Waals surface area (Å²) < 4.78 is 0. The van der Waals surface area contributed by atoms with E-state index in [1.54, 1.807) is 11.3 Å². The molecular weight excluding hydrogens is 268 g/mol. The van der Waals surface area contributed by atoms with E-state index in [-0.39, 0.29) is 5.91 Å². The van der Waals surface area contributed by atoms with Crippen LogP contribution in [0.15, 0.2) is 11.4 Å². The van der Waals surface area contributed by atoms with Crippen LogP contribution in [-0.4, -0.2) is 47.4 Å². The Balaban J connectivity index is 1.79. The number of rotatable bonds is 3. The highest BCUT2D eigenvalue weighted by atomic mass is 32.1. The van der Waals surface area contributed by atoms with Crippen LogP contribution < -0.4 is 0 Å². The number of carbonyl (C=O) groups excluding carboxylic acids is 1. The van der Waals surface area contributed by atoms with Crippen molar-refractivity contribution in [1.29, 1.82) is 0 Å². The summed E-state index contributed by atoms with van der Waals surface area (Å²) in [5.41, 5.74) is 1.13. The molecule has 2 atom stereocenters. The van der Waals surface area contributed by atoms with Crippen LogP contribution in [0, 0.1) is 6.92 Å². The molecule has 0 unspecified atom stereocenters. The predicted molar refractivity (Wildman–Crippen MR) is 83.4 cm³/mol. The number of aryl methyl sites for hydroxylation is 1. The molecule has 2 aliphatic heterocycles. The molecule has 0 N–H and O–H groups in total.